The summed E-state index contributed by atoms with van der Waals surface area (Å²) in [7, 11) is 0. The van der Waals surface area contributed by atoms with E-state index in [4.69, 9.17) is 0 Å². The van der Waals surface area contributed by atoms with Crippen molar-refractivity contribution in [3.63, 3.8) is 0 Å². The smallest absolute Gasteiger partial charge is 0.251 e. The summed E-state index contributed by atoms with van der Waals surface area (Å²) in [5.74, 6) is -0.478. The third-order valence-corrected chi connectivity index (χ3v) is 5.91. The second-order valence-electron chi connectivity index (χ2n) is 7.50. The molecule has 1 aromatic carbocycles. The number of aryl methyl sites for hydroxylation is 3. The van der Waals surface area contributed by atoms with E-state index in [9.17, 15) is 9.59 Å². The van der Waals surface area contributed by atoms with Crippen molar-refractivity contribution < 1.29 is 9.59 Å². The number of carbonyl (C=O) groups excluding carboxylic acids is 2. The summed E-state index contributed by atoms with van der Waals surface area (Å²) >= 11 is 1.57. The van der Waals surface area contributed by atoms with Crippen LogP contribution in [0.25, 0.3) is 0 Å². The molecule has 0 fully saturated rings. The summed E-state index contributed by atoms with van der Waals surface area (Å²) in [5.41, 5.74) is 2.70. The number of hydrogen-bond donors (Lipinski definition) is 2. The number of hydrogen-bond acceptors (Lipinski definition) is 4. The van der Waals surface area contributed by atoms with Crippen molar-refractivity contribution in [2.24, 2.45) is 5.92 Å². The number of carbonyl (C=O) groups is 2. The summed E-state index contributed by atoms with van der Waals surface area (Å²) in [6.07, 6.45) is 5.61. The molecule has 0 spiro atoms. The average Bonchev–Trinajstić information content (AvgIpc) is 2.87. The number of aromatic nitrogens is 1. The second-order valence-corrected chi connectivity index (χ2v) is 8.59. The van der Waals surface area contributed by atoms with Gasteiger partial charge in [0, 0.05) is 10.4 Å². The highest BCUT2D eigenvalue weighted by Gasteiger charge is 2.26. The van der Waals surface area contributed by atoms with Crippen LogP contribution in [0.2, 0.25) is 0 Å². The van der Waals surface area contributed by atoms with Crippen molar-refractivity contribution >= 4 is 28.3 Å². The van der Waals surface area contributed by atoms with Crippen molar-refractivity contribution in [3.05, 3.63) is 46.0 Å². The second kappa shape index (κ2) is 8.65. The van der Waals surface area contributed by atoms with Gasteiger partial charge in [0.15, 0.2) is 5.13 Å². The Labute approximate surface area is 164 Å². The van der Waals surface area contributed by atoms with E-state index in [1.165, 1.54) is 17.7 Å². The van der Waals surface area contributed by atoms with Gasteiger partial charge >= 0.3 is 0 Å². The van der Waals surface area contributed by atoms with Crippen molar-refractivity contribution in [1.29, 1.82) is 0 Å². The number of thiazole rings is 1. The van der Waals surface area contributed by atoms with Crippen molar-refractivity contribution in [3.8, 4) is 0 Å². The number of fused-ring (bicyclic) bond motifs is 1. The first-order chi connectivity index (χ1) is 12.9. The van der Waals surface area contributed by atoms with Gasteiger partial charge in [0.25, 0.3) is 5.91 Å². The van der Waals surface area contributed by atoms with E-state index >= 15 is 0 Å². The third kappa shape index (κ3) is 4.95. The number of amides is 2. The van der Waals surface area contributed by atoms with Crippen molar-refractivity contribution in [2.75, 3.05) is 5.32 Å². The Bertz CT molecular complexity index is 805. The first-order valence-electron chi connectivity index (χ1n) is 9.61. The van der Waals surface area contributed by atoms with Crippen LogP contribution in [0.15, 0.2) is 24.3 Å². The maximum absolute atomic E-state index is 12.8. The fourth-order valence-corrected chi connectivity index (χ4v) is 4.36. The fraction of sp³-hybridized carbons (Fsp3) is 0.476. The van der Waals surface area contributed by atoms with Gasteiger partial charge in [0.05, 0.1) is 5.69 Å². The third-order valence-electron chi connectivity index (χ3n) is 4.84. The Morgan fingerprint density at radius 1 is 1.15 bits per heavy atom. The van der Waals surface area contributed by atoms with Crippen LogP contribution in [0.3, 0.4) is 0 Å². The summed E-state index contributed by atoms with van der Waals surface area (Å²) in [5, 5.41) is 6.44. The molecule has 6 heteroatoms. The molecule has 0 bridgehead atoms. The van der Waals surface area contributed by atoms with Gasteiger partial charge < -0.3 is 10.6 Å². The highest BCUT2D eigenvalue weighted by Crippen LogP contribution is 2.29. The van der Waals surface area contributed by atoms with Crippen molar-refractivity contribution in [1.82, 2.24) is 10.3 Å². The molecule has 0 radical (unpaired) electrons. The van der Waals surface area contributed by atoms with E-state index in [2.05, 4.69) is 15.6 Å². The minimum atomic E-state index is -0.610. The Morgan fingerprint density at radius 3 is 2.67 bits per heavy atom. The zero-order chi connectivity index (χ0) is 19.4. The summed E-state index contributed by atoms with van der Waals surface area (Å²) in [6.45, 7) is 5.80. The largest absolute Gasteiger partial charge is 0.340 e. The lowest BCUT2D eigenvalue weighted by molar-refractivity contribution is -0.118. The van der Waals surface area contributed by atoms with Gasteiger partial charge in [-0.25, -0.2) is 4.98 Å². The van der Waals surface area contributed by atoms with E-state index in [0.29, 0.717) is 10.7 Å². The maximum Gasteiger partial charge on any atom is 0.251 e. The van der Waals surface area contributed by atoms with Gasteiger partial charge in [-0.05, 0) is 50.7 Å². The van der Waals surface area contributed by atoms with E-state index in [1.54, 1.807) is 17.4 Å². The summed E-state index contributed by atoms with van der Waals surface area (Å²) < 4.78 is 0. The van der Waals surface area contributed by atoms with Crippen LogP contribution in [0.1, 0.15) is 59.6 Å². The van der Waals surface area contributed by atoms with E-state index in [1.807, 2.05) is 39.0 Å². The zero-order valence-electron chi connectivity index (χ0n) is 16.2. The molecule has 1 aliphatic rings. The molecule has 1 aliphatic carbocycles. The Kier molecular flexibility index (Phi) is 6.26. The molecule has 2 N–H and O–H groups in total. The molecule has 1 atom stereocenters. The first-order valence-corrected chi connectivity index (χ1v) is 10.4. The molecular weight excluding hydrogens is 358 g/mol. The summed E-state index contributed by atoms with van der Waals surface area (Å²) in [4.78, 5) is 31.3. The number of benzene rings is 1. The molecule has 1 aromatic heterocycles. The molecule has 27 heavy (non-hydrogen) atoms. The van der Waals surface area contributed by atoms with E-state index in [0.717, 1.165) is 30.5 Å². The van der Waals surface area contributed by atoms with Crippen LogP contribution < -0.4 is 10.6 Å². The minimum Gasteiger partial charge on any atom is -0.340 e. The minimum absolute atomic E-state index is 0.0310. The normalized spacial score (nSPS) is 15.0. The number of nitrogens with one attached hydrogen (secondary N) is 2. The van der Waals surface area contributed by atoms with Crippen LogP contribution in [0, 0.1) is 12.8 Å². The lowest BCUT2D eigenvalue weighted by Crippen LogP contribution is -2.47. The zero-order valence-corrected chi connectivity index (χ0v) is 17.0. The predicted molar refractivity (Wildman–Crippen MR) is 109 cm³/mol. The van der Waals surface area contributed by atoms with Crippen LogP contribution in [0.5, 0.6) is 0 Å². The lowest BCUT2D eigenvalue weighted by atomic mass is 10.0. The lowest BCUT2D eigenvalue weighted by Gasteiger charge is -2.21. The molecule has 3 rings (SSSR count). The van der Waals surface area contributed by atoms with Gasteiger partial charge in [0.2, 0.25) is 5.91 Å². The Hall–Kier alpha value is -2.21. The van der Waals surface area contributed by atoms with Gasteiger partial charge in [-0.15, -0.1) is 11.3 Å². The molecular formula is C21H27N3O2S. The first kappa shape index (κ1) is 19.5. The number of anilines is 1. The van der Waals surface area contributed by atoms with Crippen LogP contribution >= 0.6 is 11.3 Å². The fourth-order valence-electron chi connectivity index (χ4n) is 3.31. The van der Waals surface area contributed by atoms with Crippen molar-refractivity contribution in [2.45, 2.75) is 58.9 Å². The van der Waals surface area contributed by atoms with Gasteiger partial charge in [-0.1, -0.05) is 38.0 Å². The molecule has 5 nitrogen and oxygen atoms in total. The molecule has 0 aliphatic heterocycles. The Morgan fingerprint density at radius 2 is 1.93 bits per heavy atom. The Balaban J connectivity index is 1.69. The molecule has 2 amide bonds. The van der Waals surface area contributed by atoms with E-state index < -0.39 is 6.04 Å². The summed E-state index contributed by atoms with van der Waals surface area (Å²) in [6, 6.07) is 6.76. The highest BCUT2D eigenvalue weighted by molar-refractivity contribution is 7.15. The topological polar surface area (TPSA) is 71.1 Å². The van der Waals surface area contributed by atoms with Crippen LogP contribution in [0.4, 0.5) is 5.13 Å². The molecule has 0 saturated heterocycles. The molecule has 1 unspecified atom stereocenters. The van der Waals surface area contributed by atoms with E-state index in [-0.39, 0.29) is 17.7 Å². The highest BCUT2D eigenvalue weighted by atomic mass is 32.1. The van der Waals surface area contributed by atoms with Crippen LogP contribution in [-0.4, -0.2) is 22.8 Å². The quantitative estimate of drug-likeness (QED) is 0.761. The predicted octanol–water partition coefficient (Wildman–Crippen LogP) is 4.11. The van der Waals surface area contributed by atoms with Gasteiger partial charge in [-0.2, -0.15) is 0 Å². The van der Waals surface area contributed by atoms with Crippen LogP contribution in [-0.2, 0) is 17.6 Å². The SMILES string of the molecule is Cc1cccc(C(=O)NC(C(=O)Nc2nc3c(s2)CCCCC3)C(C)C)c1. The molecule has 144 valence electrons. The number of rotatable bonds is 5. The van der Waals surface area contributed by atoms with Gasteiger partial charge in [0.1, 0.15) is 6.04 Å². The molecule has 1 heterocycles. The molecule has 2 aromatic rings. The monoisotopic (exact) mass is 385 g/mol. The average molecular weight is 386 g/mol. The standard InChI is InChI=1S/C21H27N3O2S/c1-13(2)18(23-19(25)15-9-7-8-14(3)12-15)20(26)24-21-22-16-10-5-4-6-11-17(16)27-21/h7-9,12-13,18H,4-6,10-11H2,1-3H3,(H,23,25)(H,22,24,26). The maximum atomic E-state index is 12.8. The van der Waals surface area contributed by atoms with Gasteiger partial charge in [-0.3, -0.25) is 9.59 Å². The molecule has 0 saturated carbocycles. The number of nitrogens with zero attached hydrogens (tertiary/aromatic N) is 1.